The van der Waals surface area contributed by atoms with Gasteiger partial charge in [-0.1, -0.05) is 64.6 Å². The zero-order valence-electron chi connectivity index (χ0n) is 15.4. The van der Waals surface area contributed by atoms with Gasteiger partial charge in [0.1, 0.15) is 0 Å². The molecule has 0 saturated carbocycles. The Kier molecular flexibility index (Phi) is 6.69. The van der Waals surface area contributed by atoms with Gasteiger partial charge in [-0.05, 0) is 55.0 Å². The first kappa shape index (κ1) is 21.8. The number of hydrogen-bond acceptors (Lipinski definition) is 3. The lowest BCUT2D eigenvalue weighted by atomic mass is 10.0. The fourth-order valence-corrected chi connectivity index (χ4v) is 5.34. The van der Waals surface area contributed by atoms with Crippen LogP contribution in [0.3, 0.4) is 0 Å². The molecule has 0 heterocycles. The number of Topliss-reactive ketones (excluding diaryl/α,β-unsaturated/α-hetero) is 1. The molecule has 1 atom stereocenters. The van der Waals surface area contributed by atoms with Gasteiger partial charge >= 0.3 is 0 Å². The summed E-state index contributed by atoms with van der Waals surface area (Å²) in [5.74, 6) is -0.387. The van der Waals surface area contributed by atoms with Crippen molar-refractivity contribution in [3.63, 3.8) is 0 Å². The monoisotopic (exact) mass is 466 g/mol. The van der Waals surface area contributed by atoms with Gasteiger partial charge in [0.25, 0.3) is 0 Å². The molecule has 0 aliphatic heterocycles. The Balaban J connectivity index is 2.04. The fourth-order valence-electron chi connectivity index (χ4n) is 2.97. The molecule has 0 N–H and O–H groups in total. The first-order valence-corrected chi connectivity index (χ1v) is 11.4. The lowest BCUT2D eigenvalue weighted by Gasteiger charge is -2.18. The zero-order chi connectivity index (χ0) is 21.2. The predicted octanol–water partition coefficient (Wildman–Crippen LogP) is 6.74. The van der Waals surface area contributed by atoms with Crippen molar-refractivity contribution in [2.24, 2.45) is 0 Å². The van der Waals surface area contributed by atoms with Crippen LogP contribution in [0.25, 0.3) is 0 Å². The summed E-state index contributed by atoms with van der Waals surface area (Å²) in [4.78, 5) is 13.1. The number of aryl methyl sites for hydroxylation is 1. The standard InChI is InChI=1S/C22H17Cl3O3S/c1-14-2-9-18(10-3-14)29(27,28)22(15-4-6-16(23)7-5-15)13-21(26)19-11-8-17(24)12-20(19)25/h2-12,22H,13H2,1H3/t22-/m1/s1. The molecule has 0 aromatic heterocycles. The van der Waals surface area contributed by atoms with Crippen LogP contribution < -0.4 is 0 Å². The Morgan fingerprint density at radius 2 is 1.45 bits per heavy atom. The number of halogens is 3. The number of ketones is 1. The molecule has 0 radical (unpaired) electrons. The van der Waals surface area contributed by atoms with Gasteiger partial charge < -0.3 is 0 Å². The van der Waals surface area contributed by atoms with E-state index in [9.17, 15) is 13.2 Å². The van der Waals surface area contributed by atoms with Crippen LogP contribution in [-0.4, -0.2) is 14.2 Å². The minimum atomic E-state index is -3.84. The molecule has 0 bridgehead atoms. The maximum Gasteiger partial charge on any atom is 0.185 e. The van der Waals surface area contributed by atoms with Gasteiger partial charge in [-0.2, -0.15) is 0 Å². The van der Waals surface area contributed by atoms with E-state index in [2.05, 4.69) is 0 Å². The Morgan fingerprint density at radius 3 is 2.03 bits per heavy atom. The molecule has 0 aliphatic carbocycles. The highest BCUT2D eigenvalue weighted by atomic mass is 35.5. The highest BCUT2D eigenvalue weighted by Gasteiger charge is 2.32. The van der Waals surface area contributed by atoms with E-state index in [1.165, 1.54) is 12.1 Å². The van der Waals surface area contributed by atoms with Crippen molar-refractivity contribution in [2.75, 3.05) is 0 Å². The van der Waals surface area contributed by atoms with Crippen molar-refractivity contribution in [1.29, 1.82) is 0 Å². The normalized spacial score (nSPS) is 12.6. The lowest BCUT2D eigenvalue weighted by molar-refractivity contribution is 0.0981. The Bertz CT molecular complexity index is 1140. The van der Waals surface area contributed by atoms with Crippen LogP contribution in [0.5, 0.6) is 0 Å². The third-order valence-corrected chi connectivity index (χ3v) is 7.49. The quantitative estimate of drug-likeness (QED) is 0.377. The Morgan fingerprint density at radius 1 is 0.862 bits per heavy atom. The average molecular weight is 468 g/mol. The molecule has 0 aliphatic rings. The van der Waals surface area contributed by atoms with Crippen LogP contribution in [0.4, 0.5) is 0 Å². The molecule has 0 saturated heterocycles. The van der Waals surface area contributed by atoms with E-state index in [-0.39, 0.29) is 27.7 Å². The number of rotatable bonds is 6. The molecule has 7 heteroatoms. The van der Waals surface area contributed by atoms with E-state index in [1.807, 2.05) is 6.92 Å². The second-order valence-electron chi connectivity index (χ2n) is 6.65. The van der Waals surface area contributed by atoms with Gasteiger partial charge in [0.05, 0.1) is 15.2 Å². The van der Waals surface area contributed by atoms with Gasteiger partial charge in [-0.3, -0.25) is 4.79 Å². The molecule has 3 rings (SSSR count). The van der Waals surface area contributed by atoms with Gasteiger partial charge in [-0.25, -0.2) is 8.42 Å². The van der Waals surface area contributed by atoms with E-state index in [0.717, 1.165) is 5.56 Å². The Hall–Kier alpha value is -1.85. The largest absolute Gasteiger partial charge is 0.294 e. The summed E-state index contributed by atoms with van der Waals surface area (Å²) in [5, 5.41) is -0.0211. The van der Waals surface area contributed by atoms with E-state index in [1.54, 1.807) is 54.6 Å². The minimum absolute atomic E-state index is 0.151. The van der Waals surface area contributed by atoms with Crippen molar-refractivity contribution in [3.8, 4) is 0 Å². The van der Waals surface area contributed by atoms with Crippen LogP contribution in [0, 0.1) is 6.92 Å². The molecular weight excluding hydrogens is 451 g/mol. The maximum atomic E-state index is 13.4. The molecule has 0 spiro atoms. The smallest absolute Gasteiger partial charge is 0.185 e. The van der Waals surface area contributed by atoms with Gasteiger partial charge in [0, 0.05) is 22.0 Å². The number of benzene rings is 3. The molecule has 3 aromatic rings. The topological polar surface area (TPSA) is 51.2 Å². The summed E-state index contributed by atoms with van der Waals surface area (Å²) in [7, 11) is -3.84. The molecule has 150 valence electrons. The summed E-state index contributed by atoms with van der Waals surface area (Å²) in [5.41, 5.74) is 1.65. The van der Waals surface area contributed by atoms with Gasteiger partial charge in [0.15, 0.2) is 15.6 Å². The van der Waals surface area contributed by atoms with E-state index in [4.69, 9.17) is 34.8 Å². The molecule has 0 fully saturated rings. The summed E-state index contributed by atoms with van der Waals surface area (Å²) >= 11 is 18.0. The van der Waals surface area contributed by atoms with Crippen LogP contribution in [0.1, 0.15) is 33.2 Å². The first-order chi connectivity index (χ1) is 13.7. The van der Waals surface area contributed by atoms with E-state index in [0.29, 0.717) is 15.6 Å². The third kappa shape index (κ3) is 5.01. The van der Waals surface area contributed by atoms with Crippen LogP contribution in [0.2, 0.25) is 15.1 Å². The Labute approximate surface area is 185 Å². The zero-order valence-corrected chi connectivity index (χ0v) is 18.5. The molecule has 0 unspecified atom stereocenters. The predicted molar refractivity (Wildman–Crippen MR) is 118 cm³/mol. The van der Waals surface area contributed by atoms with E-state index < -0.39 is 15.1 Å². The summed E-state index contributed by atoms with van der Waals surface area (Å²) in [6.07, 6.45) is -0.265. The van der Waals surface area contributed by atoms with Gasteiger partial charge in [-0.15, -0.1) is 0 Å². The summed E-state index contributed by atoms with van der Waals surface area (Å²) in [6, 6.07) is 17.5. The molecule has 29 heavy (non-hydrogen) atoms. The minimum Gasteiger partial charge on any atom is -0.294 e. The van der Waals surface area contributed by atoms with Crippen LogP contribution in [0.15, 0.2) is 71.6 Å². The van der Waals surface area contributed by atoms with Crippen molar-refractivity contribution in [1.82, 2.24) is 0 Å². The van der Waals surface area contributed by atoms with Crippen molar-refractivity contribution in [2.45, 2.75) is 23.5 Å². The van der Waals surface area contributed by atoms with Gasteiger partial charge in [0.2, 0.25) is 0 Å². The molecular formula is C22H17Cl3O3S. The fraction of sp³-hybridized carbons (Fsp3) is 0.136. The first-order valence-electron chi connectivity index (χ1n) is 8.73. The number of sulfone groups is 1. The second kappa shape index (κ2) is 8.88. The highest BCUT2D eigenvalue weighted by molar-refractivity contribution is 7.91. The molecule has 3 aromatic carbocycles. The number of carbonyl (C=O) groups is 1. The van der Waals surface area contributed by atoms with Crippen molar-refractivity contribution >= 4 is 50.4 Å². The lowest BCUT2D eigenvalue weighted by Crippen LogP contribution is -2.18. The average Bonchev–Trinajstić information content (AvgIpc) is 2.67. The van der Waals surface area contributed by atoms with Crippen molar-refractivity contribution < 1.29 is 13.2 Å². The SMILES string of the molecule is Cc1ccc(S(=O)(=O)[C@H](CC(=O)c2ccc(Cl)cc2Cl)c2ccc(Cl)cc2)cc1. The van der Waals surface area contributed by atoms with Crippen LogP contribution in [-0.2, 0) is 9.84 Å². The second-order valence-corrected chi connectivity index (χ2v) is 10.1. The summed E-state index contributed by atoms with van der Waals surface area (Å²) in [6.45, 7) is 1.87. The van der Waals surface area contributed by atoms with Crippen LogP contribution >= 0.6 is 34.8 Å². The number of carbonyl (C=O) groups excluding carboxylic acids is 1. The van der Waals surface area contributed by atoms with Crippen molar-refractivity contribution in [3.05, 3.63) is 98.5 Å². The molecule has 3 nitrogen and oxygen atoms in total. The highest BCUT2D eigenvalue weighted by Crippen LogP contribution is 2.35. The van der Waals surface area contributed by atoms with E-state index >= 15 is 0 Å². The maximum absolute atomic E-state index is 13.4. The summed E-state index contributed by atoms with van der Waals surface area (Å²) < 4.78 is 26.8. The third-order valence-electron chi connectivity index (χ3n) is 4.57. The number of hydrogen-bond donors (Lipinski definition) is 0. The molecule has 0 amide bonds.